The van der Waals surface area contributed by atoms with E-state index in [9.17, 15) is 9.90 Å². The molecule has 1 heterocycles. The van der Waals surface area contributed by atoms with E-state index in [-0.39, 0.29) is 0 Å². The van der Waals surface area contributed by atoms with Crippen molar-refractivity contribution in [1.29, 1.82) is 0 Å². The summed E-state index contributed by atoms with van der Waals surface area (Å²) in [6.07, 6.45) is 1.27. The van der Waals surface area contributed by atoms with Gasteiger partial charge in [-0.3, -0.25) is 4.79 Å². The number of carbonyl (C=O) groups is 1. The van der Waals surface area contributed by atoms with Gasteiger partial charge in [-0.15, -0.1) is 0 Å². The first-order chi connectivity index (χ1) is 8.69. The summed E-state index contributed by atoms with van der Waals surface area (Å²) in [6.45, 7) is 0.951. The number of carboxylic acid groups (broad SMARTS) is 1. The molecular formula is C13H14O5. The molecule has 0 amide bonds. The number of hydrogen-bond donors (Lipinski definition) is 1. The fourth-order valence-electron chi connectivity index (χ4n) is 2.39. The smallest absolute Gasteiger partial charge is 0.314 e. The normalized spacial score (nSPS) is 19.2. The van der Waals surface area contributed by atoms with Crippen LogP contribution in [0.5, 0.6) is 17.2 Å². The molecule has 0 spiro atoms. The van der Waals surface area contributed by atoms with E-state index < -0.39 is 11.4 Å². The minimum Gasteiger partial charge on any atom is -0.492 e. The topological polar surface area (TPSA) is 65.0 Å². The lowest BCUT2D eigenvalue weighted by atomic mass is 9.94. The summed E-state index contributed by atoms with van der Waals surface area (Å²) in [5.41, 5.74) is -0.122. The van der Waals surface area contributed by atoms with Gasteiger partial charge in [0.15, 0.2) is 11.5 Å². The van der Waals surface area contributed by atoms with Gasteiger partial charge in [0, 0.05) is 5.56 Å². The summed E-state index contributed by atoms with van der Waals surface area (Å²) in [4.78, 5) is 11.4. The monoisotopic (exact) mass is 250 g/mol. The van der Waals surface area contributed by atoms with E-state index in [1.165, 1.54) is 7.11 Å². The Morgan fingerprint density at radius 1 is 1.33 bits per heavy atom. The molecule has 1 aromatic carbocycles. The van der Waals surface area contributed by atoms with Gasteiger partial charge < -0.3 is 19.3 Å². The molecule has 1 saturated carbocycles. The van der Waals surface area contributed by atoms with Crippen LogP contribution in [-0.2, 0) is 10.2 Å². The number of methoxy groups -OCH3 is 1. The zero-order chi connectivity index (χ0) is 12.8. The van der Waals surface area contributed by atoms with Crippen LogP contribution in [0.15, 0.2) is 12.1 Å². The minimum absolute atomic E-state index is 0.451. The summed E-state index contributed by atoms with van der Waals surface area (Å²) in [5.74, 6) is 0.821. The van der Waals surface area contributed by atoms with E-state index in [2.05, 4.69) is 0 Å². The lowest BCUT2D eigenvalue weighted by Crippen LogP contribution is -2.22. The van der Waals surface area contributed by atoms with Crippen molar-refractivity contribution in [3.63, 3.8) is 0 Å². The van der Waals surface area contributed by atoms with Crippen molar-refractivity contribution in [2.75, 3.05) is 20.3 Å². The predicted octanol–water partition coefficient (Wildman–Crippen LogP) is 1.58. The molecule has 1 N–H and O–H groups in total. The van der Waals surface area contributed by atoms with Crippen molar-refractivity contribution >= 4 is 5.97 Å². The third kappa shape index (κ3) is 1.43. The van der Waals surface area contributed by atoms with Gasteiger partial charge in [-0.1, -0.05) is 6.07 Å². The second kappa shape index (κ2) is 3.80. The van der Waals surface area contributed by atoms with Gasteiger partial charge in [0.2, 0.25) is 5.75 Å². The molecule has 0 bridgehead atoms. The van der Waals surface area contributed by atoms with Crippen LogP contribution in [0.4, 0.5) is 0 Å². The molecule has 0 aromatic heterocycles. The third-order valence-corrected chi connectivity index (χ3v) is 3.54. The maximum Gasteiger partial charge on any atom is 0.314 e. The number of fused-ring (bicyclic) bond motifs is 1. The van der Waals surface area contributed by atoms with Crippen molar-refractivity contribution in [3.05, 3.63) is 17.7 Å². The number of rotatable bonds is 3. The Morgan fingerprint density at radius 2 is 2.06 bits per heavy atom. The summed E-state index contributed by atoms with van der Waals surface area (Å²) in [7, 11) is 1.52. The quantitative estimate of drug-likeness (QED) is 0.882. The fourth-order valence-corrected chi connectivity index (χ4v) is 2.39. The predicted molar refractivity (Wildman–Crippen MR) is 62.5 cm³/mol. The number of aliphatic carboxylic acids is 1. The van der Waals surface area contributed by atoms with Gasteiger partial charge in [0.25, 0.3) is 0 Å². The molecule has 96 valence electrons. The summed E-state index contributed by atoms with van der Waals surface area (Å²) < 4.78 is 16.4. The molecule has 2 aliphatic rings. The van der Waals surface area contributed by atoms with Crippen LogP contribution in [0.3, 0.4) is 0 Å². The fraction of sp³-hybridized carbons (Fsp3) is 0.462. The maximum absolute atomic E-state index is 11.4. The molecule has 5 nitrogen and oxygen atoms in total. The zero-order valence-corrected chi connectivity index (χ0v) is 10.1. The first kappa shape index (κ1) is 11.2. The SMILES string of the molecule is COc1c(C2(C(=O)O)CC2)ccc2c1OCCO2. The molecule has 3 rings (SSSR count). The van der Waals surface area contributed by atoms with Gasteiger partial charge in [0.1, 0.15) is 13.2 Å². The van der Waals surface area contributed by atoms with Gasteiger partial charge in [-0.05, 0) is 18.9 Å². The van der Waals surface area contributed by atoms with Crippen LogP contribution in [0.2, 0.25) is 0 Å². The Morgan fingerprint density at radius 3 is 2.67 bits per heavy atom. The highest BCUT2D eigenvalue weighted by Gasteiger charge is 2.54. The minimum atomic E-state index is -0.808. The molecule has 0 atom stereocenters. The van der Waals surface area contributed by atoms with E-state index in [1.54, 1.807) is 12.1 Å². The highest BCUT2D eigenvalue weighted by atomic mass is 16.6. The summed E-state index contributed by atoms with van der Waals surface area (Å²) in [6, 6.07) is 3.53. The lowest BCUT2D eigenvalue weighted by Gasteiger charge is -2.24. The van der Waals surface area contributed by atoms with Crippen LogP contribution >= 0.6 is 0 Å². The van der Waals surface area contributed by atoms with E-state index in [4.69, 9.17) is 14.2 Å². The van der Waals surface area contributed by atoms with Gasteiger partial charge in [-0.25, -0.2) is 0 Å². The zero-order valence-electron chi connectivity index (χ0n) is 10.1. The Hall–Kier alpha value is -1.91. The Bertz CT molecular complexity index is 504. The number of ether oxygens (including phenoxy) is 3. The molecule has 0 saturated heterocycles. The van der Waals surface area contributed by atoms with Crippen LogP contribution in [0, 0.1) is 0 Å². The number of hydrogen-bond acceptors (Lipinski definition) is 4. The first-order valence-corrected chi connectivity index (χ1v) is 5.89. The van der Waals surface area contributed by atoms with E-state index in [1.807, 2.05) is 0 Å². The Balaban J connectivity index is 2.13. The van der Waals surface area contributed by atoms with Crippen molar-refractivity contribution in [1.82, 2.24) is 0 Å². The van der Waals surface area contributed by atoms with Gasteiger partial charge >= 0.3 is 5.97 Å². The molecule has 1 aromatic rings. The summed E-state index contributed by atoms with van der Waals surface area (Å²) >= 11 is 0. The Labute approximate surface area is 104 Å². The molecule has 1 aliphatic heterocycles. The standard InChI is InChI=1S/C13H14O5/c1-16-10-8(13(4-5-13)12(14)15)2-3-9-11(10)18-7-6-17-9/h2-3H,4-7H2,1H3,(H,14,15). The van der Waals surface area contributed by atoms with Crippen LogP contribution in [-0.4, -0.2) is 31.4 Å². The molecule has 0 radical (unpaired) electrons. The summed E-state index contributed by atoms with van der Waals surface area (Å²) in [5, 5.41) is 9.35. The largest absolute Gasteiger partial charge is 0.492 e. The maximum atomic E-state index is 11.4. The molecule has 5 heteroatoms. The third-order valence-electron chi connectivity index (χ3n) is 3.54. The van der Waals surface area contributed by atoms with Crippen LogP contribution in [0.25, 0.3) is 0 Å². The molecule has 1 fully saturated rings. The highest BCUT2D eigenvalue weighted by Crippen LogP contribution is 2.55. The van der Waals surface area contributed by atoms with E-state index >= 15 is 0 Å². The number of benzene rings is 1. The van der Waals surface area contributed by atoms with Crippen molar-refractivity contribution in [2.24, 2.45) is 0 Å². The van der Waals surface area contributed by atoms with E-state index in [0.29, 0.717) is 48.9 Å². The van der Waals surface area contributed by atoms with Gasteiger partial charge in [-0.2, -0.15) is 0 Å². The molecule has 1 aliphatic carbocycles. The van der Waals surface area contributed by atoms with Crippen molar-refractivity contribution in [2.45, 2.75) is 18.3 Å². The Kier molecular flexibility index (Phi) is 2.36. The second-order valence-corrected chi connectivity index (χ2v) is 4.56. The molecular weight excluding hydrogens is 236 g/mol. The highest BCUT2D eigenvalue weighted by molar-refractivity contribution is 5.86. The second-order valence-electron chi connectivity index (χ2n) is 4.56. The average molecular weight is 250 g/mol. The average Bonchev–Trinajstić information content (AvgIpc) is 3.18. The van der Waals surface area contributed by atoms with Crippen LogP contribution < -0.4 is 14.2 Å². The van der Waals surface area contributed by atoms with E-state index in [0.717, 1.165) is 0 Å². The number of carboxylic acids is 1. The van der Waals surface area contributed by atoms with Crippen LogP contribution in [0.1, 0.15) is 18.4 Å². The first-order valence-electron chi connectivity index (χ1n) is 5.89. The van der Waals surface area contributed by atoms with Crippen molar-refractivity contribution in [3.8, 4) is 17.2 Å². The lowest BCUT2D eigenvalue weighted by molar-refractivity contribution is -0.140. The molecule has 0 unspecified atom stereocenters. The van der Waals surface area contributed by atoms with Crippen molar-refractivity contribution < 1.29 is 24.1 Å². The van der Waals surface area contributed by atoms with Gasteiger partial charge in [0.05, 0.1) is 12.5 Å². The molecule has 18 heavy (non-hydrogen) atoms.